The predicted molar refractivity (Wildman–Crippen MR) is 81.1 cm³/mol. The Labute approximate surface area is 119 Å². The van der Waals surface area contributed by atoms with Gasteiger partial charge in [0.05, 0.1) is 5.69 Å². The zero-order valence-corrected chi connectivity index (χ0v) is 12.1. The summed E-state index contributed by atoms with van der Waals surface area (Å²) in [5, 5.41) is 10.7. The molecular formula is C15H22N4O. The number of nitrogens with one attached hydrogen (secondary N) is 2. The van der Waals surface area contributed by atoms with Crippen LogP contribution >= 0.6 is 0 Å². The molecule has 1 aromatic carbocycles. The zero-order valence-electron chi connectivity index (χ0n) is 12.1. The Morgan fingerprint density at radius 1 is 1.50 bits per heavy atom. The molecule has 0 heterocycles. The van der Waals surface area contributed by atoms with Crippen molar-refractivity contribution in [1.82, 2.24) is 5.32 Å². The number of guanidine groups is 1. The molecule has 5 heteroatoms. The monoisotopic (exact) mass is 274 g/mol. The Kier molecular flexibility index (Phi) is 4.27. The van der Waals surface area contributed by atoms with Crippen LogP contribution in [0.2, 0.25) is 0 Å². The lowest BCUT2D eigenvalue weighted by atomic mass is 9.93. The van der Waals surface area contributed by atoms with Crippen LogP contribution in [0.3, 0.4) is 0 Å². The standard InChI is InChI=1S/C15H22N4O/c1-3-11-7-4-6-10(2)13(11)19(14(16)17)15(20)18-12-8-5-9-12/h4,6-7,12H,3,5,8-9H2,1-2H3,(H3,16,17)(H,18,20). The van der Waals surface area contributed by atoms with E-state index in [2.05, 4.69) is 5.32 Å². The van der Waals surface area contributed by atoms with E-state index in [9.17, 15) is 4.79 Å². The maximum absolute atomic E-state index is 12.4. The molecule has 5 nitrogen and oxygen atoms in total. The summed E-state index contributed by atoms with van der Waals surface area (Å²) in [6.45, 7) is 3.96. The van der Waals surface area contributed by atoms with Gasteiger partial charge in [0.2, 0.25) is 5.96 Å². The first-order valence-electron chi connectivity index (χ1n) is 7.07. The fraction of sp³-hybridized carbons (Fsp3) is 0.467. The highest BCUT2D eigenvalue weighted by Crippen LogP contribution is 2.26. The molecule has 0 atom stereocenters. The van der Waals surface area contributed by atoms with E-state index in [0.29, 0.717) is 0 Å². The number of carbonyl (C=O) groups excluding carboxylic acids is 1. The average molecular weight is 274 g/mol. The van der Waals surface area contributed by atoms with Gasteiger partial charge in [0.1, 0.15) is 0 Å². The van der Waals surface area contributed by atoms with Gasteiger partial charge >= 0.3 is 6.03 Å². The molecule has 1 aromatic rings. The number of aryl methyl sites for hydroxylation is 2. The van der Waals surface area contributed by atoms with Crippen LogP contribution in [0.5, 0.6) is 0 Å². The van der Waals surface area contributed by atoms with Crippen LogP contribution in [-0.4, -0.2) is 18.0 Å². The number of amides is 2. The molecule has 1 aliphatic carbocycles. The maximum atomic E-state index is 12.4. The van der Waals surface area contributed by atoms with Crippen LogP contribution in [-0.2, 0) is 6.42 Å². The minimum Gasteiger partial charge on any atom is -0.369 e. The van der Waals surface area contributed by atoms with Crippen LogP contribution in [0, 0.1) is 12.3 Å². The van der Waals surface area contributed by atoms with Crippen molar-refractivity contribution in [3.05, 3.63) is 29.3 Å². The second kappa shape index (κ2) is 5.94. The van der Waals surface area contributed by atoms with Crippen molar-refractivity contribution in [2.45, 2.75) is 45.6 Å². The van der Waals surface area contributed by atoms with Crippen LogP contribution in [0.25, 0.3) is 0 Å². The van der Waals surface area contributed by atoms with Crippen LogP contribution in [0.15, 0.2) is 18.2 Å². The van der Waals surface area contributed by atoms with Crippen LogP contribution in [0.1, 0.15) is 37.3 Å². The second-order valence-corrected chi connectivity index (χ2v) is 5.23. The van der Waals surface area contributed by atoms with Crippen molar-refractivity contribution < 1.29 is 4.79 Å². The van der Waals surface area contributed by atoms with Crippen molar-refractivity contribution in [2.24, 2.45) is 5.73 Å². The Hall–Kier alpha value is -2.04. The first-order valence-corrected chi connectivity index (χ1v) is 7.07. The molecule has 0 saturated heterocycles. The first-order chi connectivity index (χ1) is 9.54. The number of hydrogen-bond donors (Lipinski definition) is 3. The molecule has 1 aliphatic rings. The third-order valence-electron chi connectivity index (χ3n) is 3.80. The van der Waals surface area contributed by atoms with E-state index in [1.165, 1.54) is 4.90 Å². The fourth-order valence-corrected chi connectivity index (χ4v) is 2.45. The summed E-state index contributed by atoms with van der Waals surface area (Å²) in [5.41, 5.74) is 8.35. The SMILES string of the molecule is CCc1cccc(C)c1N(C(=N)N)C(=O)NC1CCC1. The molecule has 0 radical (unpaired) electrons. The molecule has 0 spiro atoms. The molecule has 0 aromatic heterocycles. The van der Waals surface area contributed by atoms with E-state index in [4.69, 9.17) is 11.1 Å². The van der Waals surface area contributed by atoms with E-state index in [0.717, 1.165) is 42.5 Å². The van der Waals surface area contributed by atoms with E-state index < -0.39 is 0 Å². The largest absolute Gasteiger partial charge is 0.369 e. The molecule has 0 bridgehead atoms. The van der Waals surface area contributed by atoms with E-state index in [-0.39, 0.29) is 18.0 Å². The average Bonchev–Trinajstić information content (AvgIpc) is 2.35. The highest BCUT2D eigenvalue weighted by Gasteiger charge is 2.27. The fourth-order valence-electron chi connectivity index (χ4n) is 2.45. The number of benzene rings is 1. The Bertz CT molecular complexity index is 523. The summed E-state index contributed by atoms with van der Waals surface area (Å²) in [5.74, 6) is -0.245. The van der Waals surface area contributed by atoms with Crippen LogP contribution in [0.4, 0.5) is 10.5 Å². The van der Waals surface area contributed by atoms with E-state index in [1.807, 2.05) is 32.0 Å². The van der Waals surface area contributed by atoms with Crippen molar-refractivity contribution in [3.8, 4) is 0 Å². The van der Waals surface area contributed by atoms with Gasteiger partial charge in [-0.15, -0.1) is 0 Å². The van der Waals surface area contributed by atoms with Gasteiger partial charge in [-0.2, -0.15) is 0 Å². The number of para-hydroxylation sites is 1. The Morgan fingerprint density at radius 2 is 2.20 bits per heavy atom. The summed E-state index contributed by atoms with van der Waals surface area (Å²) in [6, 6.07) is 5.78. The van der Waals surface area contributed by atoms with Crippen molar-refractivity contribution in [1.29, 1.82) is 5.41 Å². The maximum Gasteiger partial charge on any atom is 0.329 e. The molecule has 20 heavy (non-hydrogen) atoms. The lowest BCUT2D eigenvalue weighted by Gasteiger charge is -2.31. The minimum atomic E-state index is -0.300. The number of carbonyl (C=O) groups is 1. The third-order valence-corrected chi connectivity index (χ3v) is 3.80. The molecule has 0 aliphatic heterocycles. The van der Waals surface area contributed by atoms with Gasteiger partial charge in [-0.3, -0.25) is 5.41 Å². The molecule has 4 N–H and O–H groups in total. The van der Waals surface area contributed by atoms with E-state index >= 15 is 0 Å². The van der Waals surface area contributed by atoms with Gasteiger partial charge in [0.15, 0.2) is 0 Å². The van der Waals surface area contributed by atoms with Gasteiger partial charge in [0, 0.05) is 6.04 Å². The highest BCUT2D eigenvalue weighted by molar-refractivity contribution is 6.14. The first kappa shape index (κ1) is 14.4. The highest BCUT2D eigenvalue weighted by atomic mass is 16.2. The number of urea groups is 1. The molecule has 2 amide bonds. The normalized spacial score (nSPS) is 14.5. The zero-order chi connectivity index (χ0) is 14.7. The van der Waals surface area contributed by atoms with Gasteiger partial charge in [-0.1, -0.05) is 25.1 Å². The van der Waals surface area contributed by atoms with Crippen molar-refractivity contribution in [3.63, 3.8) is 0 Å². The molecule has 1 fully saturated rings. The lowest BCUT2D eigenvalue weighted by molar-refractivity contribution is 0.236. The lowest BCUT2D eigenvalue weighted by Crippen LogP contribution is -2.52. The number of anilines is 1. The summed E-state index contributed by atoms with van der Waals surface area (Å²) in [4.78, 5) is 13.7. The smallest absolute Gasteiger partial charge is 0.329 e. The minimum absolute atomic E-state index is 0.221. The van der Waals surface area contributed by atoms with Crippen molar-refractivity contribution in [2.75, 3.05) is 4.90 Å². The van der Waals surface area contributed by atoms with Gasteiger partial charge in [0.25, 0.3) is 0 Å². The Morgan fingerprint density at radius 3 is 2.70 bits per heavy atom. The summed E-state index contributed by atoms with van der Waals surface area (Å²) < 4.78 is 0. The van der Waals surface area contributed by atoms with Gasteiger partial charge in [-0.25, -0.2) is 9.69 Å². The topological polar surface area (TPSA) is 82.2 Å². The van der Waals surface area contributed by atoms with Crippen molar-refractivity contribution >= 4 is 17.7 Å². The quantitative estimate of drug-likeness (QED) is 0.584. The number of nitrogens with zero attached hydrogens (tertiary/aromatic N) is 1. The molecule has 1 saturated carbocycles. The van der Waals surface area contributed by atoms with Gasteiger partial charge < -0.3 is 11.1 Å². The molecule has 0 unspecified atom stereocenters. The number of rotatable bonds is 3. The van der Waals surface area contributed by atoms with E-state index in [1.54, 1.807) is 0 Å². The van der Waals surface area contributed by atoms with Gasteiger partial charge in [-0.05, 0) is 43.7 Å². The van der Waals surface area contributed by atoms with Crippen LogP contribution < -0.4 is 16.0 Å². The summed E-state index contributed by atoms with van der Waals surface area (Å²) in [7, 11) is 0. The molecule has 108 valence electrons. The third kappa shape index (κ3) is 2.76. The summed E-state index contributed by atoms with van der Waals surface area (Å²) in [6.07, 6.45) is 3.95. The predicted octanol–water partition coefficient (Wildman–Crippen LogP) is 2.52. The number of hydrogen-bond acceptors (Lipinski definition) is 2. The summed E-state index contributed by atoms with van der Waals surface area (Å²) >= 11 is 0. The number of nitrogens with two attached hydrogens (primary N) is 1. The second-order valence-electron chi connectivity index (χ2n) is 5.23. The molecule has 2 rings (SSSR count). The Balaban J connectivity index is 2.32. The molecular weight excluding hydrogens is 252 g/mol.